The van der Waals surface area contributed by atoms with E-state index < -0.39 is 0 Å². The number of piperidine rings is 1. The van der Waals surface area contributed by atoms with Gasteiger partial charge in [-0.1, -0.05) is 11.6 Å². The number of carbonyl (C=O) groups excluding carboxylic acids is 1. The van der Waals surface area contributed by atoms with Gasteiger partial charge in [-0.15, -0.1) is 0 Å². The Bertz CT molecular complexity index is 675. The van der Waals surface area contributed by atoms with Crippen LogP contribution in [0.3, 0.4) is 0 Å². The third-order valence-electron chi connectivity index (χ3n) is 4.01. The van der Waals surface area contributed by atoms with Crippen LogP contribution in [-0.4, -0.2) is 45.5 Å². The van der Waals surface area contributed by atoms with Crippen molar-refractivity contribution < 1.29 is 9.90 Å². The molecule has 23 heavy (non-hydrogen) atoms. The van der Waals surface area contributed by atoms with Crippen LogP contribution in [0, 0.1) is 5.92 Å². The lowest BCUT2D eigenvalue weighted by atomic mass is 9.99. The number of likely N-dealkylation sites (tertiary alicyclic amines) is 1. The number of urea groups is 1. The van der Waals surface area contributed by atoms with E-state index in [1.807, 2.05) is 18.3 Å². The van der Waals surface area contributed by atoms with E-state index in [4.69, 9.17) is 11.6 Å². The van der Waals surface area contributed by atoms with E-state index in [-0.39, 0.29) is 18.6 Å². The molecular formula is C16H19ClN4O2. The van der Waals surface area contributed by atoms with Gasteiger partial charge >= 0.3 is 6.03 Å². The normalized spacial score (nSPS) is 18.0. The molecule has 6 nitrogen and oxygen atoms in total. The van der Waals surface area contributed by atoms with Crippen LogP contribution in [0.25, 0.3) is 5.69 Å². The van der Waals surface area contributed by atoms with Crippen LogP contribution in [-0.2, 0) is 0 Å². The van der Waals surface area contributed by atoms with Crippen molar-refractivity contribution in [3.63, 3.8) is 0 Å². The predicted molar refractivity (Wildman–Crippen MR) is 89.0 cm³/mol. The maximum absolute atomic E-state index is 12.3. The van der Waals surface area contributed by atoms with Crippen molar-refractivity contribution in [3.8, 4) is 5.69 Å². The number of aliphatic hydroxyl groups is 1. The molecule has 1 aromatic heterocycles. The van der Waals surface area contributed by atoms with Crippen molar-refractivity contribution in [1.29, 1.82) is 0 Å². The minimum Gasteiger partial charge on any atom is -0.396 e. The first-order valence-electron chi connectivity index (χ1n) is 7.63. The summed E-state index contributed by atoms with van der Waals surface area (Å²) in [6, 6.07) is 6.99. The molecule has 1 aliphatic heterocycles. The monoisotopic (exact) mass is 334 g/mol. The fraction of sp³-hybridized carbons (Fsp3) is 0.375. The highest BCUT2D eigenvalue weighted by Gasteiger charge is 2.23. The number of aliphatic hydroxyl groups excluding tert-OH is 1. The molecule has 0 bridgehead atoms. The summed E-state index contributed by atoms with van der Waals surface area (Å²) >= 11 is 6.28. The largest absolute Gasteiger partial charge is 0.396 e. The quantitative estimate of drug-likeness (QED) is 0.906. The fourth-order valence-corrected chi connectivity index (χ4v) is 3.05. The van der Waals surface area contributed by atoms with Gasteiger partial charge in [-0.25, -0.2) is 9.48 Å². The Kier molecular flexibility index (Phi) is 4.83. The first-order chi connectivity index (χ1) is 11.2. The molecule has 1 aliphatic rings. The number of nitrogens with one attached hydrogen (secondary N) is 1. The molecule has 7 heteroatoms. The molecule has 3 rings (SSSR count). The van der Waals surface area contributed by atoms with Gasteiger partial charge in [0.2, 0.25) is 0 Å². The van der Waals surface area contributed by atoms with Gasteiger partial charge < -0.3 is 15.3 Å². The zero-order valence-corrected chi connectivity index (χ0v) is 13.4. The molecule has 1 unspecified atom stereocenters. The highest BCUT2D eigenvalue weighted by Crippen LogP contribution is 2.24. The SMILES string of the molecule is O=C(Nc1ccc(-n2cccn2)c(Cl)c1)N1CCCC(CO)C1. The predicted octanol–water partition coefficient (Wildman–Crippen LogP) is 2.76. The molecule has 1 atom stereocenters. The lowest BCUT2D eigenvalue weighted by Gasteiger charge is -2.31. The van der Waals surface area contributed by atoms with Gasteiger partial charge in [0.25, 0.3) is 0 Å². The van der Waals surface area contributed by atoms with Crippen LogP contribution in [0.4, 0.5) is 10.5 Å². The summed E-state index contributed by atoms with van der Waals surface area (Å²) in [5.74, 6) is 0.167. The van der Waals surface area contributed by atoms with Crippen molar-refractivity contribution in [2.45, 2.75) is 12.8 Å². The summed E-state index contributed by atoms with van der Waals surface area (Å²) in [7, 11) is 0. The van der Waals surface area contributed by atoms with Crippen molar-refractivity contribution >= 4 is 23.3 Å². The summed E-state index contributed by atoms with van der Waals surface area (Å²) in [6.45, 7) is 1.41. The lowest BCUT2D eigenvalue weighted by Crippen LogP contribution is -2.43. The summed E-state index contributed by atoms with van der Waals surface area (Å²) < 4.78 is 1.67. The van der Waals surface area contributed by atoms with Crippen molar-refractivity contribution in [2.24, 2.45) is 5.92 Å². The second kappa shape index (κ2) is 7.02. The van der Waals surface area contributed by atoms with Crippen LogP contribution < -0.4 is 5.32 Å². The van der Waals surface area contributed by atoms with Crippen LogP contribution in [0.15, 0.2) is 36.7 Å². The summed E-state index contributed by atoms with van der Waals surface area (Å²) in [6.07, 6.45) is 5.37. The number of halogens is 1. The topological polar surface area (TPSA) is 70.4 Å². The number of anilines is 1. The van der Waals surface area contributed by atoms with E-state index in [9.17, 15) is 9.90 Å². The zero-order chi connectivity index (χ0) is 16.2. The first kappa shape index (κ1) is 15.8. The van der Waals surface area contributed by atoms with Crippen LogP contribution in [0.2, 0.25) is 5.02 Å². The van der Waals surface area contributed by atoms with Gasteiger partial charge in [-0.2, -0.15) is 5.10 Å². The summed E-state index contributed by atoms with van der Waals surface area (Å²) in [5, 5.41) is 16.8. The van der Waals surface area contributed by atoms with E-state index in [1.165, 1.54) is 0 Å². The van der Waals surface area contributed by atoms with Gasteiger partial charge in [0.15, 0.2) is 0 Å². The Morgan fingerprint density at radius 3 is 3.04 bits per heavy atom. The third-order valence-corrected chi connectivity index (χ3v) is 4.32. The molecule has 1 aromatic carbocycles. The molecular weight excluding hydrogens is 316 g/mol. The number of hydrogen-bond acceptors (Lipinski definition) is 3. The maximum Gasteiger partial charge on any atom is 0.321 e. The van der Waals surface area contributed by atoms with E-state index in [0.29, 0.717) is 23.8 Å². The zero-order valence-electron chi connectivity index (χ0n) is 12.7. The van der Waals surface area contributed by atoms with Gasteiger partial charge in [0, 0.05) is 37.8 Å². The Balaban J connectivity index is 1.68. The maximum atomic E-state index is 12.3. The van der Waals surface area contributed by atoms with Gasteiger partial charge in [0.1, 0.15) is 0 Å². The van der Waals surface area contributed by atoms with Crippen LogP contribution in [0.1, 0.15) is 12.8 Å². The van der Waals surface area contributed by atoms with Crippen molar-refractivity contribution in [3.05, 3.63) is 41.7 Å². The lowest BCUT2D eigenvalue weighted by molar-refractivity contribution is 0.136. The number of nitrogens with zero attached hydrogens (tertiary/aromatic N) is 3. The minimum absolute atomic E-state index is 0.119. The number of carbonyl (C=O) groups is 1. The van der Waals surface area contributed by atoms with Crippen LogP contribution in [0.5, 0.6) is 0 Å². The minimum atomic E-state index is -0.161. The molecule has 0 saturated carbocycles. The summed E-state index contributed by atoms with van der Waals surface area (Å²) in [5.41, 5.74) is 1.40. The molecule has 2 heterocycles. The molecule has 0 radical (unpaired) electrons. The van der Waals surface area contributed by atoms with Crippen LogP contribution >= 0.6 is 11.6 Å². The smallest absolute Gasteiger partial charge is 0.321 e. The highest BCUT2D eigenvalue weighted by atomic mass is 35.5. The second-order valence-corrected chi connectivity index (χ2v) is 6.09. The number of aromatic nitrogens is 2. The average Bonchev–Trinajstić information content (AvgIpc) is 3.09. The fourth-order valence-electron chi connectivity index (χ4n) is 2.78. The Morgan fingerprint density at radius 1 is 1.48 bits per heavy atom. The molecule has 0 spiro atoms. The Hall–Kier alpha value is -2.05. The highest BCUT2D eigenvalue weighted by molar-refractivity contribution is 6.32. The first-order valence-corrected chi connectivity index (χ1v) is 8.01. The van der Waals surface area contributed by atoms with Gasteiger partial charge in [-0.3, -0.25) is 0 Å². The van der Waals surface area contributed by atoms with E-state index in [0.717, 1.165) is 18.5 Å². The van der Waals surface area contributed by atoms with Crippen molar-refractivity contribution in [1.82, 2.24) is 14.7 Å². The third kappa shape index (κ3) is 3.65. The molecule has 0 aliphatic carbocycles. The standard InChI is InChI=1S/C16H19ClN4O2/c17-14-9-13(4-5-15(14)21-8-2-6-18-21)19-16(23)20-7-1-3-12(10-20)11-22/h2,4-6,8-9,12,22H,1,3,7,10-11H2,(H,19,23). The molecule has 2 amide bonds. The van der Waals surface area contributed by atoms with E-state index in [1.54, 1.807) is 27.9 Å². The Morgan fingerprint density at radius 2 is 2.35 bits per heavy atom. The van der Waals surface area contributed by atoms with Gasteiger partial charge in [-0.05, 0) is 43.0 Å². The number of rotatable bonds is 3. The van der Waals surface area contributed by atoms with Gasteiger partial charge in [0.05, 0.1) is 10.7 Å². The molecule has 1 saturated heterocycles. The molecule has 2 N–H and O–H groups in total. The Labute approximate surface area is 139 Å². The molecule has 122 valence electrons. The molecule has 1 fully saturated rings. The number of benzene rings is 1. The summed E-state index contributed by atoms with van der Waals surface area (Å²) in [4.78, 5) is 14.1. The van der Waals surface area contributed by atoms with E-state index >= 15 is 0 Å². The number of amides is 2. The second-order valence-electron chi connectivity index (χ2n) is 5.68. The van der Waals surface area contributed by atoms with E-state index in [2.05, 4.69) is 10.4 Å². The average molecular weight is 335 g/mol. The number of hydrogen-bond donors (Lipinski definition) is 2. The van der Waals surface area contributed by atoms with Crippen molar-refractivity contribution in [2.75, 3.05) is 25.0 Å². The molecule has 2 aromatic rings.